The van der Waals surface area contributed by atoms with E-state index in [9.17, 15) is 0 Å². The van der Waals surface area contributed by atoms with Crippen LogP contribution < -0.4 is 0 Å². The third kappa shape index (κ3) is 4.75. The summed E-state index contributed by atoms with van der Waals surface area (Å²) in [5.41, 5.74) is 12.8. The molecule has 1 unspecified atom stereocenters. The van der Waals surface area contributed by atoms with E-state index in [2.05, 4.69) is 99.7 Å². The van der Waals surface area contributed by atoms with E-state index < -0.39 is 0 Å². The maximum Gasteiger partial charge on any atom is 0.0349 e. The van der Waals surface area contributed by atoms with E-state index in [4.69, 9.17) is 0 Å². The standard InChI is InChI=1S/C26H36/c1-12-20(9)22(11)25(18(6)7)26(24(16(2)3)17(4)5)23-14-13-19(8)15-21(23)10/h12-15,26H,2,6H2,1,3-5,7-11H3/b20-12-,25-22+. The summed E-state index contributed by atoms with van der Waals surface area (Å²) in [6.07, 6.45) is 2.18. The van der Waals surface area contributed by atoms with Crippen LogP contribution in [0.25, 0.3) is 0 Å². The molecular weight excluding hydrogens is 312 g/mol. The summed E-state index contributed by atoms with van der Waals surface area (Å²) in [5.74, 6) is 0.158. The van der Waals surface area contributed by atoms with E-state index in [-0.39, 0.29) is 5.92 Å². The molecule has 1 atom stereocenters. The van der Waals surface area contributed by atoms with Gasteiger partial charge in [-0.05, 0) is 90.2 Å². The molecule has 0 N–H and O–H groups in total. The zero-order chi connectivity index (χ0) is 20.2. The minimum absolute atomic E-state index is 0.158. The van der Waals surface area contributed by atoms with Crippen molar-refractivity contribution < 1.29 is 0 Å². The fourth-order valence-electron chi connectivity index (χ4n) is 3.78. The summed E-state index contributed by atoms with van der Waals surface area (Å²) < 4.78 is 0. The number of rotatable bonds is 6. The molecule has 1 aromatic carbocycles. The van der Waals surface area contributed by atoms with Crippen LogP contribution >= 0.6 is 0 Å². The Hall–Kier alpha value is -2.08. The monoisotopic (exact) mass is 348 g/mol. The highest BCUT2D eigenvalue weighted by atomic mass is 14.3. The van der Waals surface area contributed by atoms with Crippen molar-refractivity contribution in [1.82, 2.24) is 0 Å². The summed E-state index contributed by atoms with van der Waals surface area (Å²) >= 11 is 0. The predicted molar refractivity (Wildman–Crippen MR) is 119 cm³/mol. The highest BCUT2D eigenvalue weighted by molar-refractivity contribution is 5.58. The molecule has 0 bridgehead atoms. The highest BCUT2D eigenvalue weighted by Crippen LogP contribution is 2.43. The molecule has 0 aliphatic rings. The SMILES string of the molecule is C=C(C)C(=C(C)C)C(/C(C(=C)C)=C(C)/C(C)=C\C)c1ccc(C)cc1C. The molecular formula is C26H36. The first-order valence-corrected chi connectivity index (χ1v) is 9.43. The molecule has 0 aliphatic carbocycles. The van der Waals surface area contributed by atoms with Gasteiger partial charge in [-0.2, -0.15) is 0 Å². The van der Waals surface area contributed by atoms with Gasteiger partial charge in [0.05, 0.1) is 0 Å². The molecule has 0 heterocycles. The first kappa shape index (κ1) is 22.0. The topological polar surface area (TPSA) is 0 Å². The number of benzene rings is 1. The second-order valence-corrected chi connectivity index (χ2v) is 7.78. The van der Waals surface area contributed by atoms with Crippen LogP contribution in [-0.4, -0.2) is 0 Å². The van der Waals surface area contributed by atoms with Gasteiger partial charge in [0.1, 0.15) is 0 Å². The van der Waals surface area contributed by atoms with E-state index in [0.29, 0.717) is 0 Å². The second kappa shape index (κ2) is 9.03. The van der Waals surface area contributed by atoms with E-state index in [1.54, 1.807) is 0 Å². The molecule has 0 spiro atoms. The van der Waals surface area contributed by atoms with Crippen LogP contribution in [0.5, 0.6) is 0 Å². The molecule has 0 saturated heterocycles. The summed E-state index contributed by atoms with van der Waals surface area (Å²) in [4.78, 5) is 0. The van der Waals surface area contributed by atoms with Gasteiger partial charge in [0.15, 0.2) is 0 Å². The lowest BCUT2D eigenvalue weighted by Crippen LogP contribution is -2.13. The van der Waals surface area contributed by atoms with Crippen molar-refractivity contribution in [3.05, 3.63) is 93.1 Å². The average molecular weight is 349 g/mol. The second-order valence-electron chi connectivity index (χ2n) is 7.78. The lowest BCUT2D eigenvalue weighted by atomic mass is 9.74. The molecule has 1 aromatic rings. The predicted octanol–water partition coefficient (Wildman–Crippen LogP) is 8.16. The van der Waals surface area contributed by atoms with E-state index in [0.717, 1.165) is 11.1 Å². The van der Waals surface area contributed by atoms with Crippen LogP contribution in [0.15, 0.2) is 76.4 Å². The van der Waals surface area contributed by atoms with E-state index in [1.807, 2.05) is 0 Å². The van der Waals surface area contributed by atoms with Crippen molar-refractivity contribution in [2.45, 2.75) is 68.2 Å². The van der Waals surface area contributed by atoms with Crippen LogP contribution in [0.1, 0.15) is 71.1 Å². The quantitative estimate of drug-likeness (QED) is 0.455. The van der Waals surface area contributed by atoms with Crippen LogP contribution in [-0.2, 0) is 0 Å². The summed E-state index contributed by atoms with van der Waals surface area (Å²) in [6, 6.07) is 6.77. The highest BCUT2D eigenvalue weighted by Gasteiger charge is 2.26. The number of aryl methyl sites for hydroxylation is 2. The molecule has 0 saturated carbocycles. The van der Waals surface area contributed by atoms with Gasteiger partial charge in [-0.1, -0.05) is 65.3 Å². The molecule has 1 rings (SSSR count). The van der Waals surface area contributed by atoms with Gasteiger partial charge >= 0.3 is 0 Å². The van der Waals surface area contributed by atoms with Gasteiger partial charge in [-0.3, -0.25) is 0 Å². The zero-order valence-electron chi connectivity index (χ0n) is 18.3. The Labute approximate surface area is 161 Å². The maximum atomic E-state index is 4.35. The Bertz CT molecular complexity index is 802. The number of hydrogen-bond acceptors (Lipinski definition) is 0. The summed E-state index contributed by atoms with van der Waals surface area (Å²) in [6.45, 7) is 28.1. The van der Waals surface area contributed by atoms with Gasteiger partial charge in [-0.15, -0.1) is 0 Å². The van der Waals surface area contributed by atoms with Gasteiger partial charge in [0.25, 0.3) is 0 Å². The Morgan fingerprint density at radius 3 is 1.81 bits per heavy atom. The fraction of sp³-hybridized carbons (Fsp3) is 0.385. The molecule has 26 heavy (non-hydrogen) atoms. The lowest BCUT2D eigenvalue weighted by molar-refractivity contribution is 0.890. The van der Waals surface area contributed by atoms with Gasteiger partial charge in [0, 0.05) is 5.92 Å². The molecule has 0 amide bonds. The van der Waals surface area contributed by atoms with Crippen LogP contribution in [0, 0.1) is 13.8 Å². The first-order valence-electron chi connectivity index (χ1n) is 9.43. The van der Waals surface area contributed by atoms with Crippen LogP contribution in [0.4, 0.5) is 0 Å². The zero-order valence-corrected chi connectivity index (χ0v) is 18.3. The van der Waals surface area contributed by atoms with Crippen molar-refractivity contribution in [2.75, 3.05) is 0 Å². The normalized spacial score (nSPS) is 13.8. The first-order chi connectivity index (χ1) is 12.0. The van der Waals surface area contributed by atoms with E-state index in [1.165, 1.54) is 44.6 Å². The molecule has 140 valence electrons. The third-order valence-corrected chi connectivity index (χ3v) is 5.20. The van der Waals surface area contributed by atoms with E-state index >= 15 is 0 Å². The maximum absolute atomic E-state index is 4.35. The van der Waals surface area contributed by atoms with Crippen molar-refractivity contribution in [2.24, 2.45) is 0 Å². The van der Waals surface area contributed by atoms with Crippen LogP contribution in [0.3, 0.4) is 0 Å². The van der Waals surface area contributed by atoms with Gasteiger partial charge < -0.3 is 0 Å². The molecule has 0 aromatic heterocycles. The molecule has 0 nitrogen and oxygen atoms in total. The Balaban J connectivity index is 4.00. The minimum Gasteiger partial charge on any atom is -0.0958 e. The third-order valence-electron chi connectivity index (χ3n) is 5.20. The van der Waals surface area contributed by atoms with Crippen molar-refractivity contribution in [3.63, 3.8) is 0 Å². The average Bonchev–Trinajstić information content (AvgIpc) is 2.52. The largest absolute Gasteiger partial charge is 0.0958 e. The Kier molecular flexibility index (Phi) is 7.63. The molecule has 0 aliphatic heterocycles. The van der Waals surface area contributed by atoms with Gasteiger partial charge in [0.2, 0.25) is 0 Å². The Morgan fingerprint density at radius 1 is 0.885 bits per heavy atom. The summed E-state index contributed by atoms with van der Waals surface area (Å²) in [7, 11) is 0. The lowest BCUT2D eigenvalue weighted by Gasteiger charge is -2.30. The fourth-order valence-corrected chi connectivity index (χ4v) is 3.78. The van der Waals surface area contributed by atoms with Crippen molar-refractivity contribution in [1.29, 1.82) is 0 Å². The number of hydrogen-bond donors (Lipinski definition) is 0. The molecule has 0 heteroatoms. The minimum atomic E-state index is 0.158. The van der Waals surface area contributed by atoms with Crippen molar-refractivity contribution >= 4 is 0 Å². The Morgan fingerprint density at radius 2 is 1.42 bits per heavy atom. The van der Waals surface area contributed by atoms with Crippen LogP contribution in [0.2, 0.25) is 0 Å². The smallest absolute Gasteiger partial charge is 0.0349 e. The molecule has 0 fully saturated rings. The molecule has 0 radical (unpaired) electrons. The number of allylic oxidation sites excluding steroid dienone is 8. The van der Waals surface area contributed by atoms with Gasteiger partial charge in [-0.25, -0.2) is 0 Å². The van der Waals surface area contributed by atoms with Crippen molar-refractivity contribution in [3.8, 4) is 0 Å². The summed E-state index contributed by atoms with van der Waals surface area (Å²) in [5, 5.41) is 0.